The summed E-state index contributed by atoms with van der Waals surface area (Å²) in [6, 6.07) is 3.46. The third-order valence-electron chi connectivity index (χ3n) is 5.36. The fourth-order valence-corrected chi connectivity index (χ4v) is 6.39. The van der Waals surface area contributed by atoms with Gasteiger partial charge in [0, 0.05) is 5.92 Å². The first-order chi connectivity index (χ1) is 8.96. The number of ether oxygens (including phenoxy) is 1. The van der Waals surface area contributed by atoms with Crippen molar-refractivity contribution in [3.05, 3.63) is 12.7 Å². The van der Waals surface area contributed by atoms with Crippen LogP contribution in [0.2, 0.25) is 18.1 Å². The molecular formula is C15H28O3Si. The van der Waals surface area contributed by atoms with Gasteiger partial charge < -0.3 is 14.3 Å². The van der Waals surface area contributed by atoms with Crippen molar-refractivity contribution in [1.82, 2.24) is 0 Å². The highest BCUT2D eigenvalue weighted by atomic mass is 28.4. The molecule has 1 heterocycles. The first-order valence-electron chi connectivity index (χ1n) is 7.62. The zero-order chi connectivity index (χ0) is 14.3. The molecule has 3 nitrogen and oxygen atoms in total. The molecule has 0 aromatic heterocycles. The largest absolute Gasteiger partial charge is 0.411 e. The Morgan fingerprint density at radius 2 is 1.95 bits per heavy atom. The van der Waals surface area contributed by atoms with Crippen LogP contribution in [0.5, 0.6) is 0 Å². The number of fused-ring (bicyclic) bond motifs is 1. The Kier molecular flexibility index (Phi) is 4.26. The number of rotatable bonds is 6. The number of hydrogen-bond acceptors (Lipinski definition) is 3. The van der Waals surface area contributed by atoms with Gasteiger partial charge in [0.15, 0.2) is 8.32 Å². The van der Waals surface area contributed by atoms with Gasteiger partial charge in [-0.2, -0.15) is 0 Å². The van der Waals surface area contributed by atoms with E-state index in [0.29, 0.717) is 0 Å². The van der Waals surface area contributed by atoms with E-state index < -0.39 is 20.0 Å². The topological polar surface area (TPSA) is 42.0 Å². The maximum absolute atomic E-state index is 10.3. The summed E-state index contributed by atoms with van der Waals surface area (Å²) in [5.74, 6) is 0.0889. The molecule has 5 atom stereocenters. The van der Waals surface area contributed by atoms with Gasteiger partial charge in [0.25, 0.3) is 0 Å². The minimum Gasteiger partial charge on any atom is -0.411 e. The molecule has 0 bridgehead atoms. The first-order valence-corrected chi connectivity index (χ1v) is 10.2. The summed E-state index contributed by atoms with van der Waals surface area (Å²) in [7, 11) is -1.61. The molecule has 1 saturated carbocycles. The van der Waals surface area contributed by atoms with Crippen molar-refractivity contribution in [2.75, 3.05) is 0 Å². The van der Waals surface area contributed by atoms with E-state index in [0.717, 1.165) is 24.6 Å². The van der Waals surface area contributed by atoms with Gasteiger partial charge in [0.05, 0.1) is 12.2 Å². The summed E-state index contributed by atoms with van der Waals surface area (Å²) in [6.07, 6.45) is 2.49. The molecule has 0 aromatic rings. The van der Waals surface area contributed by atoms with E-state index in [1.54, 1.807) is 0 Å². The molecule has 2 aliphatic rings. The lowest BCUT2D eigenvalue weighted by atomic mass is 9.78. The van der Waals surface area contributed by atoms with E-state index in [2.05, 4.69) is 27.4 Å². The number of epoxide rings is 1. The van der Waals surface area contributed by atoms with E-state index in [1.165, 1.54) is 0 Å². The zero-order valence-corrected chi connectivity index (χ0v) is 13.7. The standard InChI is InChI=1S/C15H28O3Si/c1-6-11-10-12(14-15(5,17-14)13(11)16)18-19(7-2,8-3)9-4/h6,11-14,16H,1,7-10H2,2-5H3/t11?,12-,13+,14+,15-/m1/s1. The van der Waals surface area contributed by atoms with Crippen molar-refractivity contribution >= 4 is 8.32 Å². The summed E-state index contributed by atoms with van der Waals surface area (Å²) in [5.41, 5.74) is -0.406. The van der Waals surface area contributed by atoms with Crippen LogP contribution in [0.15, 0.2) is 12.7 Å². The number of aliphatic hydroxyl groups excluding tert-OH is 1. The zero-order valence-electron chi connectivity index (χ0n) is 12.7. The van der Waals surface area contributed by atoms with Gasteiger partial charge in [-0.05, 0) is 31.5 Å². The van der Waals surface area contributed by atoms with Gasteiger partial charge in [-0.1, -0.05) is 26.8 Å². The SMILES string of the molecule is C=CC1C[C@@H](O[Si](CC)(CC)CC)[C@@H]2O[C@]2(C)[C@H]1O. The van der Waals surface area contributed by atoms with Crippen molar-refractivity contribution in [2.24, 2.45) is 5.92 Å². The lowest BCUT2D eigenvalue weighted by molar-refractivity contribution is 0.0214. The van der Waals surface area contributed by atoms with Crippen molar-refractivity contribution < 1.29 is 14.3 Å². The van der Waals surface area contributed by atoms with Gasteiger partial charge in [-0.15, -0.1) is 6.58 Å². The van der Waals surface area contributed by atoms with Crippen LogP contribution in [-0.2, 0) is 9.16 Å². The molecular weight excluding hydrogens is 256 g/mol. The van der Waals surface area contributed by atoms with Crippen LogP contribution in [-0.4, -0.2) is 37.3 Å². The van der Waals surface area contributed by atoms with Gasteiger partial charge >= 0.3 is 0 Å². The monoisotopic (exact) mass is 284 g/mol. The summed E-state index contributed by atoms with van der Waals surface area (Å²) >= 11 is 0. The second-order valence-corrected chi connectivity index (χ2v) is 10.9. The van der Waals surface area contributed by atoms with E-state index in [1.807, 2.05) is 13.0 Å². The lowest BCUT2D eigenvalue weighted by Gasteiger charge is -2.38. The van der Waals surface area contributed by atoms with Crippen molar-refractivity contribution in [3.8, 4) is 0 Å². The third-order valence-corrected chi connectivity index (χ3v) is 10.0. The van der Waals surface area contributed by atoms with Crippen LogP contribution in [0.1, 0.15) is 34.1 Å². The highest BCUT2D eigenvalue weighted by Crippen LogP contribution is 2.51. The molecule has 2 fully saturated rings. The minimum atomic E-state index is -1.61. The Morgan fingerprint density at radius 3 is 2.42 bits per heavy atom. The van der Waals surface area contributed by atoms with Crippen molar-refractivity contribution in [3.63, 3.8) is 0 Å². The highest BCUT2D eigenvalue weighted by Gasteiger charge is 2.66. The molecule has 0 radical (unpaired) electrons. The van der Waals surface area contributed by atoms with Gasteiger partial charge in [0.2, 0.25) is 0 Å². The molecule has 0 amide bonds. The molecule has 1 aliphatic heterocycles. The second kappa shape index (κ2) is 5.32. The predicted molar refractivity (Wildman–Crippen MR) is 79.7 cm³/mol. The van der Waals surface area contributed by atoms with Crippen LogP contribution < -0.4 is 0 Å². The van der Waals surface area contributed by atoms with Crippen LogP contribution in [0.25, 0.3) is 0 Å². The Bertz CT molecular complexity index is 334. The van der Waals surface area contributed by atoms with Crippen LogP contribution in [0, 0.1) is 5.92 Å². The average Bonchev–Trinajstić information content (AvgIpc) is 3.13. The average molecular weight is 284 g/mol. The Balaban J connectivity index is 2.11. The summed E-state index contributed by atoms with van der Waals surface area (Å²) in [5, 5.41) is 10.3. The highest BCUT2D eigenvalue weighted by molar-refractivity contribution is 6.73. The van der Waals surface area contributed by atoms with E-state index in [9.17, 15) is 5.11 Å². The first kappa shape index (κ1) is 15.2. The number of hydrogen-bond donors (Lipinski definition) is 1. The fraction of sp³-hybridized carbons (Fsp3) is 0.867. The Hall–Kier alpha value is -0.163. The molecule has 2 rings (SSSR count). The molecule has 1 aliphatic carbocycles. The normalized spacial score (nSPS) is 41.7. The fourth-order valence-electron chi connectivity index (χ4n) is 3.52. The Morgan fingerprint density at radius 1 is 1.37 bits per heavy atom. The van der Waals surface area contributed by atoms with Gasteiger partial charge in [-0.25, -0.2) is 0 Å². The molecule has 1 N–H and O–H groups in total. The minimum absolute atomic E-state index is 0.0789. The predicted octanol–water partition coefficient (Wildman–Crippen LogP) is 3.10. The molecule has 0 spiro atoms. The Labute approximate surface area is 118 Å². The smallest absolute Gasteiger partial charge is 0.192 e. The number of aliphatic hydroxyl groups is 1. The third kappa shape index (κ3) is 2.44. The maximum Gasteiger partial charge on any atom is 0.192 e. The quantitative estimate of drug-likeness (QED) is 0.463. The summed E-state index contributed by atoms with van der Waals surface area (Å²) in [6.45, 7) is 12.6. The van der Waals surface area contributed by atoms with Crippen molar-refractivity contribution in [2.45, 2.75) is 76.2 Å². The molecule has 1 unspecified atom stereocenters. The van der Waals surface area contributed by atoms with E-state index in [4.69, 9.17) is 9.16 Å². The van der Waals surface area contributed by atoms with E-state index >= 15 is 0 Å². The van der Waals surface area contributed by atoms with Gasteiger partial charge in [0.1, 0.15) is 11.7 Å². The van der Waals surface area contributed by atoms with Crippen LogP contribution in [0.3, 0.4) is 0 Å². The van der Waals surface area contributed by atoms with Gasteiger partial charge in [-0.3, -0.25) is 0 Å². The van der Waals surface area contributed by atoms with E-state index in [-0.39, 0.29) is 18.1 Å². The second-order valence-electron chi connectivity index (χ2n) is 6.20. The van der Waals surface area contributed by atoms with Crippen LogP contribution >= 0.6 is 0 Å². The lowest BCUT2D eigenvalue weighted by Crippen LogP contribution is -2.50. The molecule has 110 valence electrons. The summed E-state index contributed by atoms with van der Waals surface area (Å²) in [4.78, 5) is 0. The molecule has 0 aromatic carbocycles. The molecule has 4 heteroatoms. The summed E-state index contributed by atoms with van der Waals surface area (Å²) < 4.78 is 12.4. The molecule has 19 heavy (non-hydrogen) atoms. The molecule has 1 saturated heterocycles. The maximum atomic E-state index is 10.3. The van der Waals surface area contributed by atoms with Crippen LogP contribution in [0.4, 0.5) is 0 Å². The van der Waals surface area contributed by atoms with Crippen molar-refractivity contribution in [1.29, 1.82) is 0 Å².